The van der Waals surface area contributed by atoms with E-state index in [4.69, 9.17) is 10.6 Å². The van der Waals surface area contributed by atoms with Crippen LogP contribution in [0.3, 0.4) is 0 Å². The number of amides is 1. The van der Waals surface area contributed by atoms with Crippen molar-refractivity contribution in [2.75, 3.05) is 18.0 Å². The van der Waals surface area contributed by atoms with E-state index >= 15 is 0 Å². The van der Waals surface area contributed by atoms with Crippen LogP contribution in [0.5, 0.6) is 5.75 Å². The molecule has 0 aliphatic carbocycles. The maximum absolute atomic E-state index is 12.8. The first kappa shape index (κ1) is 16.8. The summed E-state index contributed by atoms with van der Waals surface area (Å²) in [5.41, 5.74) is 2.31. The second-order valence-electron chi connectivity index (χ2n) is 4.59. The molecule has 23 heavy (non-hydrogen) atoms. The summed E-state index contributed by atoms with van der Waals surface area (Å²) < 4.78 is 31.7. The summed E-state index contributed by atoms with van der Waals surface area (Å²) in [6, 6.07) is 14.3. The highest BCUT2D eigenvalue weighted by Crippen LogP contribution is 2.24. The van der Waals surface area contributed by atoms with Crippen molar-refractivity contribution < 1.29 is 17.9 Å². The Hall–Kier alpha value is -2.58. The lowest BCUT2D eigenvalue weighted by Crippen LogP contribution is -2.43. The molecule has 2 aromatic carbocycles. The summed E-state index contributed by atoms with van der Waals surface area (Å²) in [6.45, 7) is -0.422. The first-order chi connectivity index (χ1) is 11.0. The molecule has 122 valence electrons. The molecule has 0 aliphatic heterocycles. The fraction of sp³-hybridized carbons (Fsp3) is 0.133. The van der Waals surface area contributed by atoms with Crippen LogP contribution < -0.4 is 20.3 Å². The number of hydrogen-bond donors (Lipinski definition) is 2. The predicted octanol–water partition coefficient (Wildman–Crippen LogP) is 0.880. The highest BCUT2D eigenvalue weighted by Gasteiger charge is 2.26. The van der Waals surface area contributed by atoms with E-state index in [1.165, 1.54) is 19.2 Å². The molecule has 2 aromatic rings. The Kier molecular flexibility index (Phi) is 5.20. The fourth-order valence-corrected chi connectivity index (χ4v) is 3.38. The molecule has 0 atom stereocenters. The summed E-state index contributed by atoms with van der Waals surface area (Å²) >= 11 is 0. The number of sulfonamides is 1. The summed E-state index contributed by atoms with van der Waals surface area (Å²) in [7, 11) is -2.43. The van der Waals surface area contributed by atoms with E-state index in [0.717, 1.165) is 4.31 Å². The molecule has 0 fully saturated rings. The zero-order chi connectivity index (χ0) is 16.9. The Morgan fingerprint density at radius 3 is 2.26 bits per heavy atom. The van der Waals surface area contributed by atoms with Crippen LogP contribution in [0, 0.1) is 0 Å². The molecule has 0 unspecified atom stereocenters. The third kappa shape index (κ3) is 3.79. The molecule has 0 saturated carbocycles. The smallest absolute Gasteiger partial charge is 0.264 e. The van der Waals surface area contributed by atoms with E-state index < -0.39 is 22.5 Å². The number of nitrogens with zero attached hydrogens (tertiary/aromatic N) is 1. The predicted molar refractivity (Wildman–Crippen MR) is 86.3 cm³/mol. The molecule has 0 aromatic heterocycles. The number of ether oxygens (including phenoxy) is 1. The molecule has 8 heteroatoms. The van der Waals surface area contributed by atoms with Crippen LogP contribution in [-0.4, -0.2) is 28.0 Å². The van der Waals surface area contributed by atoms with E-state index in [-0.39, 0.29) is 4.90 Å². The van der Waals surface area contributed by atoms with Gasteiger partial charge in [-0.1, -0.05) is 18.2 Å². The minimum Gasteiger partial charge on any atom is -0.497 e. The van der Waals surface area contributed by atoms with Crippen LogP contribution in [0.25, 0.3) is 0 Å². The van der Waals surface area contributed by atoms with E-state index in [0.29, 0.717) is 11.4 Å². The standard InChI is InChI=1S/C15H17N3O4S/c1-22-13-7-9-14(10-8-13)23(20,21)18(11-15(19)17-16)12-5-3-2-4-6-12/h2-10H,11,16H2,1H3,(H,17,19). The van der Waals surface area contributed by atoms with Gasteiger partial charge in [-0.05, 0) is 36.4 Å². The van der Waals surface area contributed by atoms with Crippen molar-refractivity contribution in [1.82, 2.24) is 5.43 Å². The molecule has 2 rings (SSSR count). The number of carbonyl (C=O) groups is 1. The number of anilines is 1. The van der Waals surface area contributed by atoms with Crippen molar-refractivity contribution in [3.05, 3.63) is 54.6 Å². The fourth-order valence-electron chi connectivity index (χ4n) is 1.96. The van der Waals surface area contributed by atoms with Gasteiger partial charge in [0.1, 0.15) is 12.3 Å². The molecule has 0 saturated heterocycles. The normalized spacial score (nSPS) is 10.9. The minimum absolute atomic E-state index is 0.0481. The van der Waals surface area contributed by atoms with Crippen LogP contribution in [0.2, 0.25) is 0 Å². The molecular weight excluding hydrogens is 318 g/mol. The summed E-state index contributed by atoms with van der Waals surface area (Å²) in [5.74, 6) is 5.00. The van der Waals surface area contributed by atoms with Crippen LogP contribution >= 0.6 is 0 Å². The van der Waals surface area contributed by atoms with Crippen molar-refractivity contribution >= 4 is 21.6 Å². The Morgan fingerprint density at radius 1 is 1.13 bits per heavy atom. The van der Waals surface area contributed by atoms with Crippen molar-refractivity contribution in [3.63, 3.8) is 0 Å². The van der Waals surface area contributed by atoms with Crippen LogP contribution in [0.4, 0.5) is 5.69 Å². The maximum Gasteiger partial charge on any atom is 0.264 e. The number of rotatable bonds is 6. The first-order valence-corrected chi connectivity index (χ1v) is 8.14. The quantitative estimate of drug-likeness (QED) is 0.463. The number of benzene rings is 2. The molecule has 0 heterocycles. The van der Waals surface area contributed by atoms with E-state index in [1.807, 2.05) is 5.43 Å². The first-order valence-electron chi connectivity index (χ1n) is 6.70. The number of nitrogens with two attached hydrogens (primary N) is 1. The van der Waals surface area contributed by atoms with Crippen molar-refractivity contribution in [2.24, 2.45) is 5.84 Å². The Bertz CT molecular complexity index is 761. The molecule has 3 N–H and O–H groups in total. The topological polar surface area (TPSA) is 102 Å². The Balaban J connectivity index is 2.45. The van der Waals surface area contributed by atoms with Gasteiger partial charge in [0.15, 0.2) is 0 Å². The average molecular weight is 335 g/mol. The molecule has 0 bridgehead atoms. The summed E-state index contributed by atoms with van der Waals surface area (Å²) in [6.07, 6.45) is 0. The van der Waals surface area contributed by atoms with Crippen LogP contribution in [-0.2, 0) is 14.8 Å². The molecule has 0 aliphatic rings. The lowest BCUT2D eigenvalue weighted by Gasteiger charge is -2.23. The third-order valence-electron chi connectivity index (χ3n) is 3.14. The lowest BCUT2D eigenvalue weighted by molar-refractivity contribution is -0.119. The second kappa shape index (κ2) is 7.12. The number of para-hydroxylation sites is 1. The van der Waals surface area contributed by atoms with Gasteiger partial charge in [0.25, 0.3) is 15.9 Å². The highest BCUT2D eigenvalue weighted by atomic mass is 32.2. The monoisotopic (exact) mass is 335 g/mol. The average Bonchev–Trinajstić information content (AvgIpc) is 2.60. The van der Waals surface area contributed by atoms with Gasteiger partial charge >= 0.3 is 0 Å². The Labute approximate surface area is 134 Å². The lowest BCUT2D eigenvalue weighted by atomic mass is 10.3. The molecule has 1 amide bonds. The van der Waals surface area contributed by atoms with Gasteiger partial charge in [-0.3, -0.25) is 14.5 Å². The summed E-state index contributed by atoms with van der Waals surface area (Å²) in [4.78, 5) is 11.7. The van der Waals surface area contributed by atoms with Gasteiger partial charge in [0.2, 0.25) is 0 Å². The van der Waals surface area contributed by atoms with Gasteiger partial charge in [-0.25, -0.2) is 14.3 Å². The molecular formula is C15H17N3O4S. The van der Waals surface area contributed by atoms with E-state index in [2.05, 4.69) is 0 Å². The number of nitrogens with one attached hydrogen (secondary N) is 1. The van der Waals surface area contributed by atoms with E-state index in [9.17, 15) is 13.2 Å². The van der Waals surface area contributed by atoms with Crippen LogP contribution in [0.15, 0.2) is 59.5 Å². The van der Waals surface area contributed by atoms with Gasteiger partial charge in [0, 0.05) is 0 Å². The molecule has 0 spiro atoms. The van der Waals surface area contributed by atoms with Crippen molar-refractivity contribution in [2.45, 2.75) is 4.90 Å². The van der Waals surface area contributed by atoms with Gasteiger partial charge in [-0.15, -0.1) is 0 Å². The Morgan fingerprint density at radius 2 is 1.74 bits per heavy atom. The highest BCUT2D eigenvalue weighted by molar-refractivity contribution is 7.92. The SMILES string of the molecule is COc1ccc(S(=O)(=O)N(CC(=O)NN)c2ccccc2)cc1. The van der Waals surface area contributed by atoms with Gasteiger partial charge < -0.3 is 4.74 Å². The van der Waals surface area contributed by atoms with Crippen molar-refractivity contribution in [1.29, 1.82) is 0 Å². The zero-order valence-corrected chi connectivity index (χ0v) is 13.3. The second-order valence-corrected chi connectivity index (χ2v) is 6.45. The summed E-state index contributed by atoms with van der Waals surface area (Å²) in [5, 5.41) is 0. The number of hydrogen-bond acceptors (Lipinski definition) is 5. The van der Waals surface area contributed by atoms with Crippen molar-refractivity contribution in [3.8, 4) is 5.75 Å². The van der Waals surface area contributed by atoms with Crippen LogP contribution in [0.1, 0.15) is 0 Å². The van der Waals surface area contributed by atoms with E-state index in [1.54, 1.807) is 42.5 Å². The maximum atomic E-state index is 12.8. The zero-order valence-electron chi connectivity index (χ0n) is 12.5. The molecule has 0 radical (unpaired) electrons. The number of methoxy groups -OCH3 is 1. The van der Waals surface area contributed by atoms with Gasteiger partial charge in [-0.2, -0.15) is 0 Å². The minimum atomic E-state index is -3.92. The van der Waals surface area contributed by atoms with Gasteiger partial charge in [0.05, 0.1) is 17.7 Å². The largest absolute Gasteiger partial charge is 0.497 e. The number of carbonyl (C=O) groups excluding carboxylic acids is 1. The number of hydrazine groups is 1. The third-order valence-corrected chi connectivity index (χ3v) is 4.93. The molecule has 7 nitrogen and oxygen atoms in total.